The number of thiocarbonyl (C=S) groups is 1. The molecule has 1 fully saturated rings. The van der Waals surface area contributed by atoms with Crippen LogP contribution in [0.3, 0.4) is 0 Å². The zero-order chi connectivity index (χ0) is 26.4. The number of carboxylic acid groups (broad SMARTS) is 2. The summed E-state index contributed by atoms with van der Waals surface area (Å²) in [5.74, 6) is -4.38. The van der Waals surface area contributed by atoms with Crippen LogP contribution in [-0.4, -0.2) is 64.1 Å². The molecule has 0 aromatic heterocycles. The molecule has 1 saturated heterocycles. The van der Waals surface area contributed by atoms with Crippen molar-refractivity contribution in [1.29, 1.82) is 0 Å². The monoisotopic (exact) mass is 518 g/mol. The number of hydrogen-bond acceptors (Lipinski definition) is 5. The number of allylic oxidation sites excluding steroid dienone is 1. The molecule has 8 nitrogen and oxygen atoms in total. The minimum Gasteiger partial charge on any atom is -0.481 e. The number of hydrogen-bond donors (Lipinski definition) is 4. The van der Waals surface area contributed by atoms with Crippen molar-refractivity contribution in [2.75, 3.05) is 31.5 Å². The summed E-state index contributed by atoms with van der Waals surface area (Å²) in [4.78, 5) is 30.6. The van der Waals surface area contributed by atoms with E-state index in [1.165, 1.54) is 44.4 Å². The van der Waals surface area contributed by atoms with Gasteiger partial charge in [-0.15, -0.1) is 0 Å². The first kappa shape index (κ1) is 27.7. The lowest BCUT2D eigenvalue weighted by Gasteiger charge is -2.31. The number of benzene rings is 1. The Morgan fingerprint density at radius 2 is 1.92 bits per heavy atom. The summed E-state index contributed by atoms with van der Waals surface area (Å²) in [6, 6.07) is 4.03. The molecule has 196 valence electrons. The third kappa shape index (κ3) is 6.67. The number of anilines is 1. The topological polar surface area (TPSA) is 114 Å². The SMILES string of the molecule is CCC1CCN(CCCNC(=S)Nc2cc(C3C(C(=O)O)=C(C)N=C(C)C3C(=O)O)ccc2F)CC1. The number of halogens is 1. The Morgan fingerprint density at radius 1 is 1.22 bits per heavy atom. The number of likely N-dealkylation sites (tertiary alicyclic amines) is 1. The van der Waals surface area contributed by atoms with Crippen molar-refractivity contribution in [3.05, 3.63) is 40.8 Å². The van der Waals surface area contributed by atoms with Gasteiger partial charge < -0.3 is 25.7 Å². The molecule has 2 aliphatic rings. The smallest absolute Gasteiger partial charge is 0.334 e. The van der Waals surface area contributed by atoms with Gasteiger partial charge in [0.25, 0.3) is 0 Å². The Hall–Kier alpha value is -2.85. The van der Waals surface area contributed by atoms with Crippen LogP contribution < -0.4 is 10.6 Å². The number of nitrogens with one attached hydrogen (secondary N) is 2. The van der Waals surface area contributed by atoms with Crippen LogP contribution in [0.4, 0.5) is 10.1 Å². The highest BCUT2D eigenvalue weighted by atomic mass is 32.1. The van der Waals surface area contributed by atoms with Gasteiger partial charge in [0, 0.05) is 23.9 Å². The molecule has 0 spiro atoms. The van der Waals surface area contributed by atoms with Crippen molar-refractivity contribution in [1.82, 2.24) is 10.2 Å². The minimum atomic E-state index is -1.25. The Kier molecular flexibility index (Phi) is 9.56. The second kappa shape index (κ2) is 12.4. The molecule has 1 aromatic rings. The summed E-state index contributed by atoms with van der Waals surface area (Å²) in [6.07, 6.45) is 4.62. The van der Waals surface area contributed by atoms with E-state index in [0.717, 1.165) is 32.0 Å². The van der Waals surface area contributed by atoms with Gasteiger partial charge in [-0.3, -0.25) is 9.79 Å². The first-order valence-corrected chi connectivity index (χ1v) is 12.8. The lowest BCUT2D eigenvalue weighted by molar-refractivity contribution is -0.140. The number of carboxylic acids is 2. The fraction of sp³-hybridized carbons (Fsp3) is 0.538. The van der Waals surface area contributed by atoms with Gasteiger partial charge in [0.05, 0.1) is 11.3 Å². The molecular formula is C26H35FN4O4S. The largest absolute Gasteiger partial charge is 0.481 e. The maximum absolute atomic E-state index is 14.6. The van der Waals surface area contributed by atoms with E-state index in [1.807, 2.05) is 0 Å². The van der Waals surface area contributed by atoms with E-state index in [-0.39, 0.29) is 22.1 Å². The predicted molar refractivity (Wildman–Crippen MR) is 142 cm³/mol. The molecule has 0 amide bonds. The fourth-order valence-corrected chi connectivity index (χ4v) is 5.33. The van der Waals surface area contributed by atoms with E-state index in [1.54, 1.807) is 6.92 Å². The maximum atomic E-state index is 14.6. The normalized spacial score (nSPS) is 21.2. The molecule has 0 saturated carbocycles. The van der Waals surface area contributed by atoms with Crippen LogP contribution >= 0.6 is 12.2 Å². The van der Waals surface area contributed by atoms with Gasteiger partial charge in [0.15, 0.2) is 5.11 Å². The van der Waals surface area contributed by atoms with E-state index in [9.17, 15) is 24.2 Å². The first-order valence-electron chi connectivity index (χ1n) is 12.4. The number of rotatable bonds is 9. The van der Waals surface area contributed by atoms with Crippen molar-refractivity contribution in [3.63, 3.8) is 0 Å². The van der Waals surface area contributed by atoms with Gasteiger partial charge in [-0.1, -0.05) is 19.4 Å². The Balaban J connectivity index is 1.66. The van der Waals surface area contributed by atoms with Gasteiger partial charge in [-0.05, 0) is 88.6 Å². The van der Waals surface area contributed by atoms with Crippen LogP contribution in [-0.2, 0) is 9.59 Å². The Morgan fingerprint density at radius 3 is 2.53 bits per heavy atom. The van der Waals surface area contributed by atoms with E-state index in [2.05, 4.69) is 27.4 Å². The predicted octanol–water partition coefficient (Wildman–Crippen LogP) is 4.24. The van der Waals surface area contributed by atoms with Crippen molar-refractivity contribution < 1.29 is 24.2 Å². The molecule has 10 heteroatoms. The molecule has 2 atom stereocenters. The van der Waals surface area contributed by atoms with Crippen LogP contribution in [0.15, 0.2) is 34.5 Å². The third-order valence-electron chi connectivity index (χ3n) is 7.14. The van der Waals surface area contributed by atoms with E-state index in [4.69, 9.17) is 12.2 Å². The molecule has 0 bridgehead atoms. The number of piperidine rings is 1. The van der Waals surface area contributed by atoms with E-state index < -0.39 is 29.6 Å². The molecule has 0 radical (unpaired) electrons. The van der Waals surface area contributed by atoms with Gasteiger partial charge in [-0.25, -0.2) is 9.18 Å². The summed E-state index contributed by atoms with van der Waals surface area (Å²) >= 11 is 5.34. The second-order valence-corrected chi connectivity index (χ2v) is 9.93. The van der Waals surface area contributed by atoms with Crippen molar-refractivity contribution in [2.45, 2.75) is 52.4 Å². The van der Waals surface area contributed by atoms with Crippen LogP contribution in [0.2, 0.25) is 0 Å². The number of carbonyl (C=O) groups is 2. The second-order valence-electron chi connectivity index (χ2n) is 9.52. The molecule has 3 rings (SSSR count). The summed E-state index contributed by atoms with van der Waals surface area (Å²) in [5, 5.41) is 25.8. The van der Waals surface area contributed by atoms with E-state index >= 15 is 0 Å². The highest BCUT2D eigenvalue weighted by Crippen LogP contribution is 2.40. The van der Waals surface area contributed by atoms with Crippen LogP contribution in [0.25, 0.3) is 0 Å². The van der Waals surface area contributed by atoms with Gasteiger partial charge >= 0.3 is 11.9 Å². The summed E-state index contributed by atoms with van der Waals surface area (Å²) in [5.41, 5.74) is 0.825. The summed E-state index contributed by atoms with van der Waals surface area (Å²) in [6.45, 7) is 9.17. The molecule has 1 aromatic carbocycles. The maximum Gasteiger partial charge on any atom is 0.334 e. The van der Waals surface area contributed by atoms with Crippen molar-refractivity contribution in [2.24, 2.45) is 16.8 Å². The van der Waals surface area contributed by atoms with E-state index in [0.29, 0.717) is 17.8 Å². The zero-order valence-corrected chi connectivity index (χ0v) is 21.8. The summed E-state index contributed by atoms with van der Waals surface area (Å²) < 4.78 is 14.6. The lowest BCUT2D eigenvalue weighted by atomic mass is 9.75. The fourth-order valence-electron chi connectivity index (χ4n) is 5.12. The average Bonchev–Trinajstić information content (AvgIpc) is 2.82. The van der Waals surface area contributed by atoms with Gasteiger partial charge in [0.2, 0.25) is 0 Å². The molecule has 36 heavy (non-hydrogen) atoms. The molecular weight excluding hydrogens is 483 g/mol. The number of aliphatic imine (C=N–C) groups is 1. The van der Waals surface area contributed by atoms with Crippen LogP contribution in [0, 0.1) is 17.7 Å². The quantitative estimate of drug-likeness (QED) is 0.284. The highest BCUT2D eigenvalue weighted by Gasteiger charge is 2.41. The summed E-state index contributed by atoms with van der Waals surface area (Å²) in [7, 11) is 0. The molecule has 2 unspecified atom stereocenters. The Labute approximate surface area is 216 Å². The first-order chi connectivity index (χ1) is 17.1. The minimum absolute atomic E-state index is 0.0540. The molecule has 0 aliphatic carbocycles. The van der Waals surface area contributed by atoms with Gasteiger partial charge in [0.1, 0.15) is 11.7 Å². The lowest BCUT2D eigenvalue weighted by Crippen LogP contribution is -2.36. The average molecular weight is 519 g/mol. The van der Waals surface area contributed by atoms with Crippen LogP contribution in [0.5, 0.6) is 0 Å². The molecule has 4 N–H and O–H groups in total. The molecule has 2 aliphatic heterocycles. The van der Waals surface area contributed by atoms with Crippen LogP contribution in [0.1, 0.15) is 57.9 Å². The Bertz CT molecular complexity index is 1070. The number of nitrogens with zero attached hydrogens (tertiary/aromatic N) is 2. The zero-order valence-electron chi connectivity index (χ0n) is 21.0. The van der Waals surface area contributed by atoms with Crippen molar-refractivity contribution >= 4 is 40.7 Å². The third-order valence-corrected chi connectivity index (χ3v) is 7.39. The van der Waals surface area contributed by atoms with Crippen molar-refractivity contribution in [3.8, 4) is 0 Å². The number of aliphatic carboxylic acids is 2. The standard InChI is InChI=1S/C26H35FN4O4S/c1-4-17-8-12-31(13-9-17)11-5-10-28-26(36)30-20-14-18(6-7-19(20)27)23-21(24(32)33)15(2)29-16(3)22(23)25(34)35/h6-7,14,17,21,23H,4-5,8-13H2,1-3H3,(H,32,33)(H,34,35)(H2,28,30,36). The molecule has 2 heterocycles. The highest BCUT2D eigenvalue weighted by molar-refractivity contribution is 7.80. The van der Waals surface area contributed by atoms with Gasteiger partial charge in [-0.2, -0.15) is 0 Å².